The Labute approximate surface area is 120 Å². The van der Waals surface area contributed by atoms with Crippen LogP contribution in [0.2, 0.25) is 0 Å². The number of hydrogen-bond acceptors (Lipinski definition) is 4. The minimum atomic E-state index is -0.787. The molecular weight excluding hydrogens is 278 g/mol. The molecule has 1 aromatic rings. The third-order valence-electron chi connectivity index (χ3n) is 4.18. The third kappa shape index (κ3) is 2.26. The molecule has 0 aliphatic carbocycles. The van der Waals surface area contributed by atoms with Crippen molar-refractivity contribution in [2.75, 3.05) is 0 Å². The number of hydrogen-bond donors (Lipinski definition) is 2. The summed E-state index contributed by atoms with van der Waals surface area (Å²) in [6.45, 7) is 2.32. The number of carbonyl (C=O) groups is 2. The van der Waals surface area contributed by atoms with E-state index in [9.17, 15) is 14.7 Å². The Hall–Kier alpha value is -1.63. The van der Waals surface area contributed by atoms with E-state index in [4.69, 9.17) is 0 Å². The summed E-state index contributed by atoms with van der Waals surface area (Å²) in [7, 11) is 0. The first kappa shape index (κ1) is 13.4. The lowest BCUT2D eigenvalue weighted by Gasteiger charge is -2.23. The summed E-state index contributed by atoms with van der Waals surface area (Å²) in [5, 5.41) is 14.9. The quantitative estimate of drug-likeness (QED) is 0.887. The van der Waals surface area contributed by atoms with Crippen molar-refractivity contribution >= 4 is 23.3 Å². The molecule has 108 valence electrons. The van der Waals surface area contributed by atoms with E-state index in [1.54, 1.807) is 16.2 Å². The fourth-order valence-corrected chi connectivity index (χ4v) is 3.93. The number of carboxylic acid groups (broad SMARTS) is 1. The summed E-state index contributed by atoms with van der Waals surface area (Å²) >= 11 is 1.55. The van der Waals surface area contributed by atoms with Crippen molar-refractivity contribution in [2.24, 2.45) is 5.92 Å². The van der Waals surface area contributed by atoms with Crippen LogP contribution < -0.4 is 5.32 Å². The number of aromatic nitrogens is 1. The number of urea groups is 1. The zero-order valence-electron chi connectivity index (χ0n) is 11.2. The molecule has 0 aromatic carbocycles. The van der Waals surface area contributed by atoms with Crippen molar-refractivity contribution in [3.63, 3.8) is 0 Å². The van der Waals surface area contributed by atoms with Crippen LogP contribution in [0.25, 0.3) is 0 Å². The van der Waals surface area contributed by atoms with Crippen LogP contribution in [0.3, 0.4) is 0 Å². The molecule has 7 heteroatoms. The lowest BCUT2D eigenvalue weighted by molar-refractivity contribution is -0.142. The first-order valence-corrected chi connectivity index (χ1v) is 7.64. The van der Waals surface area contributed by atoms with E-state index in [0.29, 0.717) is 13.0 Å². The minimum absolute atomic E-state index is 0.0817. The van der Waals surface area contributed by atoms with Gasteiger partial charge in [0, 0.05) is 17.5 Å². The van der Waals surface area contributed by atoms with Gasteiger partial charge < -0.3 is 15.3 Å². The lowest BCUT2D eigenvalue weighted by atomic mass is 9.89. The molecule has 0 radical (unpaired) electrons. The van der Waals surface area contributed by atoms with Crippen LogP contribution in [0.4, 0.5) is 4.79 Å². The van der Waals surface area contributed by atoms with Gasteiger partial charge in [-0.25, -0.2) is 9.78 Å². The molecule has 0 saturated carbocycles. The summed E-state index contributed by atoms with van der Waals surface area (Å²) in [6.07, 6.45) is 2.30. The summed E-state index contributed by atoms with van der Waals surface area (Å²) in [5.74, 6) is -1.19. The van der Waals surface area contributed by atoms with Crippen molar-refractivity contribution in [1.29, 1.82) is 0 Å². The molecule has 1 aromatic heterocycles. The first-order chi connectivity index (χ1) is 9.56. The van der Waals surface area contributed by atoms with Gasteiger partial charge in [0.1, 0.15) is 0 Å². The van der Waals surface area contributed by atoms with Crippen LogP contribution >= 0.6 is 11.3 Å². The van der Waals surface area contributed by atoms with Crippen molar-refractivity contribution in [1.82, 2.24) is 15.2 Å². The van der Waals surface area contributed by atoms with Crippen molar-refractivity contribution in [3.05, 3.63) is 16.1 Å². The summed E-state index contributed by atoms with van der Waals surface area (Å²) in [5.41, 5.74) is 0.849. The third-order valence-corrected chi connectivity index (χ3v) is 5.00. The van der Waals surface area contributed by atoms with Gasteiger partial charge >= 0.3 is 12.0 Å². The van der Waals surface area contributed by atoms with E-state index in [1.165, 1.54) is 0 Å². The molecule has 3 atom stereocenters. The fourth-order valence-electron chi connectivity index (χ4n) is 3.32. The number of nitrogens with one attached hydrogen (secondary N) is 1. The van der Waals surface area contributed by atoms with Gasteiger partial charge in [-0.15, -0.1) is 11.3 Å². The number of amides is 2. The number of carboxylic acids is 1. The highest BCUT2D eigenvalue weighted by atomic mass is 32.1. The van der Waals surface area contributed by atoms with E-state index >= 15 is 0 Å². The maximum atomic E-state index is 12.3. The Morgan fingerprint density at radius 1 is 1.55 bits per heavy atom. The Bertz CT molecular complexity index is 545. The van der Waals surface area contributed by atoms with E-state index in [2.05, 4.69) is 10.3 Å². The molecule has 2 aliphatic rings. The van der Waals surface area contributed by atoms with E-state index < -0.39 is 11.9 Å². The number of thiazole rings is 1. The minimum Gasteiger partial charge on any atom is -0.481 e. The smallest absolute Gasteiger partial charge is 0.318 e. The van der Waals surface area contributed by atoms with E-state index in [0.717, 1.165) is 23.5 Å². The van der Waals surface area contributed by atoms with Gasteiger partial charge in [0.25, 0.3) is 0 Å². The predicted molar refractivity (Wildman–Crippen MR) is 73.5 cm³/mol. The second-order valence-corrected chi connectivity index (χ2v) is 6.47. The number of nitrogens with zero attached hydrogens (tertiary/aromatic N) is 2. The summed E-state index contributed by atoms with van der Waals surface area (Å²) in [6, 6.07) is -0.222. The molecule has 3 heterocycles. The highest BCUT2D eigenvalue weighted by molar-refractivity contribution is 7.09. The lowest BCUT2D eigenvalue weighted by Crippen LogP contribution is -2.44. The standard InChI is InChI=1S/C13H17N3O3S/c1-7-15-8(6-20-7)5-14-13(19)16-9-2-3-11(16)10(4-9)12(17)18/h6,9-11H,2-5H2,1H3,(H,14,19)(H,17,18). The van der Waals surface area contributed by atoms with Crippen LogP contribution in [-0.2, 0) is 11.3 Å². The van der Waals surface area contributed by atoms with Crippen LogP contribution in [-0.4, -0.2) is 39.1 Å². The average molecular weight is 295 g/mol. The fraction of sp³-hybridized carbons (Fsp3) is 0.615. The Kier molecular flexibility index (Phi) is 3.37. The van der Waals surface area contributed by atoms with Crippen molar-refractivity contribution < 1.29 is 14.7 Å². The van der Waals surface area contributed by atoms with Gasteiger partial charge in [0.05, 0.1) is 23.2 Å². The normalized spacial score (nSPS) is 27.9. The molecular formula is C13H17N3O3S. The number of aryl methyl sites for hydroxylation is 1. The molecule has 20 heavy (non-hydrogen) atoms. The van der Waals surface area contributed by atoms with E-state index in [-0.39, 0.29) is 18.1 Å². The Balaban J connectivity index is 1.62. The SMILES string of the molecule is Cc1nc(CNC(=O)N2C3CCC2C(C(=O)O)C3)cs1. The number of rotatable bonds is 3. The highest BCUT2D eigenvalue weighted by Crippen LogP contribution is 2.41. The zero-order chi connectivity index (χ0) is 14.3. The molecule has 6 nitrogen and oxygen atoms in total. The maximum absolute atomic E-state index is 12.3. The molecule has 2 aliphatic heterocycles. The molecule has 3 rings (SSSR count). The van der Waals surface area contributed by atoms with Crippen molar-refractivity contribution in [3.8, 4) is 0 Å². The molecule has 0 spiro atoms. The predicted octanol–water partition coefficient (Wildman–Crippen LogP) is 1.60. The van der Waals surface area contributed by atoms with Gasteiger partial charge in [-0.1, -0.05) is 0 Å². The highest BCUT2D eigenvalue weighted by Gasteiger charge is 2.51. The van der Waals surface area contributed by atoms with Crippen molar-refractivity contribution in [2.45, 2.75) is 44.8 Å². The van der Waals surface area contributed by atoms with E-state index in [1.807, 2.05) is 12.3 Å². The molecule has 2 amide bonds. The van der Waals surface area contributed by atoms with Gasteiger partial charge in [-0.3, -0.25) is 4.79 Å². The Morgan fingerprint density at radius 2 is 2.35 bits per heavy atom. The molecule has 2 fully saturated rings. The van der Waals surface area contributed by atoms with Crippen LogP contribution in [0.5, 0.6) is 0 Å². The van der Waals surface area contributed by atoms with Gasteiger partial charge in [0.15, 0.2) is 0 Å². The zero-order valence-corrected chi connectivity index (χ0v) is 12.0. The summed E-state index contributed by atoms with van der Waals surface area (Å²) < 4.78 is 0. The number of aliphatic carboxylic acids is 1. The second kappa shape index (κ2) is 5.05. The monoisotopic (exact) mass is 295 g/mol. The second-order valence-electron chi connectivity index (χ2n) is 5.40. The molecule has 2 bridgehead atoms. The van der Waals surface area contributed by atoms with Gasteiger partial charge in [-0.05, 0) is 26.2 Å². The maximum Gasteiger partial charge on any atom is 0.318 e. The first-order valence-electron chi connectivity index (χ1n) is 6.76. The van der Waals surface area contributed by atoms with Crippen LogP contribution in [0.1, 0.15) is 30.0 Å². The van der Waals surface area contributed by atoms with Crippen LogP contribution in [0, 0.1) is 12.8 Å². The molecule has 3 unspecified atom stereocenters. The van der Waals surface area contributed by atoms with Crippen LogP contribution in [0.15, 0.2) is 5.38 Å². The largest absolute Gasteiger partial charge is 0.481 e. The Morgan fingerprint density at radius 3 is 2.95 bits per heavy atom. The average Bonchev–Trinajstić information content (AvgIpc) is 3.09. The molecule has 2 N–H and O–H groups in total. The number of carbonyl (C=O) groups excluding carboxylic acids is 1. The summed E-state index contributed by atoms with van der Waals surface area (Å²) in [4.78, 5) is 29.5. The van der Waals surface area contributed by atoms with Gasteiger partial charge in [0.2, 0.25) is 0 Å². The topological polar surface area (TPSA) is 82.5 Å². The number of fused-ring (bicyclic) bond motifs is 2. The molecule has 2 saturated heterocycles. The van der Waals surface area contributed by atoms with Gasteiger partial charge in [-0.2, -0.15) is 0 Å².